The molecule has 0 saturated heterocycles. The first kappa shape index (κ1) is 15.4. The highest BCUT2D eigenvalue weighted by Crippen LogP contribution is 2.27. The zero-order valence-corrected chi connectivity index (χ0v) is 13.7. The van der Waals surface area contributed by atoms with Crippen LogP contribution in [-0.4, -0.2) is 15.0 Å². The van der Waals surface area contributed by atoms with Gasteiger partial charge >= 0.3 is 0 Å². The van der Waals surface area contributed by atoms with E-state index >= 15 is 0 Å². The number of amides is 1. The van der Waals surface area contributed by atoms with E-state index in [0.29, 0.717) is 12.5 Å². The van der Waals surface area contributed by atoms with Crippen LogP contribution in [-0.2, 0) is 11.3 Å². The van der Waals surface area contributed by atoms with Crippen LogP contribution in [0.4, 0.5) is 5.69 Å². The van der Waals surface area contributed by atoms with E-state index in [1.165, 1.54) is 0 Å². The molecule has 2 heterocycles. The summed E-state index contributed by atoms with van der Waals surface area (Å²) in [6, 6.07) is 12.5. The van der Waals surface area contributed by atoms with Gasteiger partial charge in [0.2, 0.25) is 5.91 Å². The number of nitrogens with one attached hydrogen (secondary N) is 1. The lowest BCUT2D eigenvalue weighted by atomic mass is 10.2. The van der Waals surface area contributed by atoms with Crippen LogP contribution in [0.3, 0.4) is 0 Å². The molecule has 23 heavy (non-hydrogen) atoms. The third-order valence-electron chi connectivity index (χ3n) is 4.08. The molecule has 0 aliphatic rings. The van der Waals surface area contributed by atoms with Crippen LogP contribution in [0, 0.1) is 0 Å². The summed E-state index contributed by atoms with van der Waals surface area (Å²) in [4.78, 5) is 12.2. The standard InChI is InChI=1S/C19H23N3O/c1-15(2)22-14-10-16-17(7-5-8-18(16)22)20-19(23)9-6-13-21-11-3-4-12-21/h3-5,7-8,10-12,14-15H,6,9,13H2,1-2H3,(H,20,23). The first-order valence-corrected chi connectivity index (χ1v) is 8.15. The van der Waals surface area contributed by atoms with Crippen molar-refractivity contribution in [3.05, 3.63) is 55.0 Å². The topological polar surface area (TPSA) is 39.0 Å². The van der Waals surface area contributed by atoms with Crippen molar-refractivity contribution < 1.29 is 4.79 Å². The summed E-state index contributed by atoms with van der Waals surface area (Å²) >= 11 is 0. The normalized spacial score (nSPS) is 11.3. The van der Waals surface area contributed by atoms with E-state index in [4.69, 9.17) is 0 Å². The summed E-state index contributed by atoms with van der Waals surface area (Å²) in [6.45, 7) is 5.19. The van der Waals surface area contributed by atoms with Crippen LogP contribution in [0.2, 0.25) is 0 Å². The van der Waals surface area contributed by atoms with Gasteiger partial charge in [0.25, 0.3) is 0 Å². The number of fused-ring (bicyclic) bond motifs is 1. The fourth-order valence-electron chi connectivity index (χ4n) is 2.90. The number of benzene rings is 1. The Labute approximate surface area is 136 Å². The van der Waals surface area contributed by atoms with E-state index in [9.17, 15) is 4.79 Å². The van der Waals surface area contributed by atoms with Crippen LogP contribution in [0.15, 0.2) is 55.0 Å². The van der Waals surface area contributed by atoms with E-state index in [1.807, 2.05) is 36.7 Å². The molecular weight excluding hydrogens is 286 g/mol. The molecule has 0 spiro atoms. The SMILES string of the molecule is CC(C)n1ccc2c(NC(=O)CCCn3cccc3)cccc21. The number of hydrogen-bond donors (Lipinski definition) is 1. The average Bonchev–Trinajstić information content (AvgIpc) is 3.16. The maximum Gasteiger partial charge on any atom is 0.224 e. The second-order valence-electron chi connectivity index (χ2n) is 6.13. The van der Waals surface area contributed by atoms with Gasteiger partial charge in [-0.3, -0.25) is 4.79 Å². The number of hydrogen-bond acceptors (Lipinski definition) is 1. The first-order valence-electron chi connectivity index (χ1n) is 8.15. The quantitative estimate of drug-likeness (QED) is 0.718. The molecule has 4 nitrogen and oxygen atoms in total. The first-order chi connectivity index (χ1) is 11.1. The number of carbonyl (C=O) groups excluding carboxylic acids is 1. The molecule has 3 aromatic rings. The number of carbonyl (C=O) groups is 1. The highest BCUT2D eigenvalue weighted by molar-refractivity contribution is 6.01. The predicted molar refractivity (Wildman–Crippen MR) is 94.6 cm³/mol. The van der Waals surface area contributed by atoms with Crippen molar-refractivity contribution in [3.8, 4) is 0 Å². The fourth-order valence-corrected chi connectivity index (χ4v) is 2.90. The molecule has 0 radical (unpaired) electrons. The van der Waals surface area contributed by atoms with Crippen molar-refractivity contribution in [2.24, 2.45) is 0 Å². The van der Waals surface area contributed by atoms with E-state index in [1.54, 1.807) is 0 Å². The van der Waals surface area contributed by atoms with Crippen LogP contribution in [0.25, 0.3) is 10.9 Å². The molecule has 0 aliphatic carbocycles. The van der Waals surface area contributed by atoms with Gasteiger partial charge in [0.15, 0.2) is 0 Å². The van der Waals surface area contributed by atoms with Crippen LogP contribution in [0.1, 0.15) is 32.7 Å². The molecule has 1 N–H and O–H groups in total. The zero-order valence-electron chi connectivity index (χ0n) is 13.7. The Bertz CT molecular complexity index is 784. The summed E-state index contributed by atoms with van der Waals surface area (Å²) in [5.74, 6) is 0.0713. The van der Waals surface area contributed by atoms with Crippen LogP contribution < -0.4 is 5.32 Å². The minimum absolute atomic E-state index is 0.0713. The lowest BCUT2D eigenvalue weighted by Gasteiger charge is -2.11. The summed E-state index contributed by atoms with van der Waals surface area (Å²) in [5.41, 5.74) is 2.05. The molecule has 1 amide bonds. The van der Waals surface area contributed by atoms with Crippen molar-refractivity contribution in [1.82, 2.24) is 9.13 Å². The van der Waals surface area contributed by atoms with Crippen molar-refractivity contribution in [2.45, 2.75) is 39.3 Å². The smallest absolute Gasteiger partial charge is 0.224 e. The maximum absolute atomic E-state index is 12.2. The summed E-state index contributed by atoms with van der Waals surface area (Å²) in [5, 5.41) is 4.15. The Morgan fingerprint density at radius 1 is 1.09 bits per heavy atom. The minimum atomic E-state index is 0.0713. The fraction of sp³-hybridized carbons (Fsp3) is 0.316. The third kappa shape index (κ3) is 3.47. The highest BCUT2D eigenvalue weighted by Gasteiger charge is 2.09. The van der Waals surface area contributed by atoms with Gasteiger partial charge in [-0.05, 0) is 50.6 Å². The molecule has 120 valence electrons. The van der Waals surface area contributed by atoms with Gasteiger partial charge in [-0.1, -0.05) is 6.07 Å². The van der Waals surface area contributed by atoms with Crippen molar-refractivity contribution in [1.29, 1.82) is 0 Å². The van der Waals surface area contributed by atoms with Crippen LogP contribution in [0.5, 0.6) is 0 Å². The minimum Gasteiger partial charge on any atom is -0.354 e. The Hall–Kier alpha value is -2.49. The van der Waals surface area contributed by atoms with Gasteiger partial charge < -0.3 is 14.5 Å². The second kappa shape index (κ2) is 6.73. The van der Waals surface area contributed by atoms with E-state index in [-0.39, 0.29) is 5.91 Å². The Morgan fingerprint density at radius 3 is 2.61 bits per heavy atom. The predicted octanol–water partition coefficient (Wildman–Crippen LogP) is 4.44. The van der Waals surface area contributed by atoms with Crippen molar-refractivity contribution in [2.75, 3.05) is 5.32 Å². The lowest BCUT2D eigenvalue weighted by Crippen LogP contribution is -2.12. The molecule has 3 rings (SSSR count). The van der Waals surface area contributed by atoms with E-state index in [0.717, 1.165) is 29.6 Å². The molecule has 0 saturated carbocycles. The maximum atomic E-state index is 12.2. The van der Waals surface area contributed by atoms with E-state index < -0.39 is 0 Å². The molecule has 0 atom stereocenters. The molecule has 0 aliphatic heterocycles. The molecular formula is C19H23N3O. The highest BCUT2D eigenvalue weighted by atomic mass is 16.1. The van der Waals surface area contributed by atoms with Gasteiger partial charge in [-0.25, -0.2) is 0 Å². The Kier molecular flexibility index (Phi) is 4.51. The molecule has 0 unspecified atom stereocenters. The van der Waals surface area contributed by atoms with Gasteiger partial charge in [0, 0.05) is 43.0 Å². The largest absolute Gasteiger partial charge is 0.354 e. The Balaban J connectivity index is 1.65. The zero-order chi connectivity index (χ0) is 16.2. The van der Waals surface area contributed by atoms with Gasteiger partial charge in [0.1, 0.15) is 0 Å². The molecule has 4 heteroatoms. The number of aromatic nitrogens is 2. The number of rotatable bonds is 6. The second-order valence-corrected chi connectivity index (χ2v) is 6.13. The summed E-state index contributed by atoms with van der Waals surface area (Å²) < 4.78 is 4.31. The number of aryl methyl sites for hydroxylation is 1. The average molecular weight is 309 g/mol. The van der Waals surface area contributed by atoms with Crippen molar-refractivity contribution in [3.63, 3.8) is 0 Å². The monoisotopic (exact) mass is 309 g/mol. The number of anilines is 1. The van der Waals surface area contributed by atoms with Gasteiger partial charge in [-0.15, -0.1) is 0 Å². The molecule has 0 bridgehead atoms. The molecule has 0 fully saturated rings. The van der Waals surface area contributed by atoms with E-state index in [2.05, 4.69) is 46.6 Å². The summed E-state index contributed by atoms with van der Waals surface area (Å²) in [7, 11) is 0. The Morgan fingerprint density at radius 2 is 1.87 bits per heavy atom. The summed E-state index contributed by atoms with van der Waals surface area (Å²) in [6.07, 6.45) is 7.49. The van der Waals surface area contributed by atoms with Crippen LogP contribution >= 0.6 is 0 Å². The van der Waals surface area contributed by atoms with Gasteiger partial charge in [0.05, 0.1) is 11.2 Å². The van der Waals surface area contributed by atoms with Crippen molar-refractivity contribution >= 4 is 22.5 Å². The van der Waals surface area contributed by atoms with Gasteiger partial charge in [-0.2, -0.15) is 0 Å². The third-order valence-corrected chi connectivity index (χ3v) is 4.08. The lowest BCUT2D eigenvalue weighted by molar-refractivity contribution is -0.116. The molecule has 1 aromatic carbocycles. The number of nitrogens with zero attached hydrogens (tertiary/aromatic N) is 2. The molecule has 2 aromatic heterocycles.